The minimum absolute atomic E-state index is 0.390. The highest BCUT2D eigenvalue weighted by molar-refractivity contribution is 6.10. The van der Waals surface area contributed by atoms with E-state index in [4.69, 9.17) is 0 Å². The fourth-order valence-electron chi connectivity index (χ4n) is 4.64. The number of carbonyl (C=O) groups is 3. The molecule has 0 saturated carbocycles. The molecule has 4 amide bonds. The van der Waals surface area contributed by atoms with Gasteiger partial charge in [-0.2, -0.15) is 0 Å². The van der Waals surface area contributed by atoms with Gasteiger partial charge in [-0.3, -0.25) is 14.5 Å². The van der Waals surface area contributed by atoms with Crippen LogP contribution in [-0.2, 0) is 15.1 Å². The van der Waals surface area contributed by atoms with E-state index in [1.54, 1.807) is 31.2 Å². The first-order valence-electron chi connectivity index (χ1n) is 12.0. The highest BCUT2D eigenvalue weighted by atomic mass is 16.2. The number of rotatable bonds is 6. The number of urea groups is 1. The van der Waals surface area contributed by atoms with Crippen LogP contribution in [0.25, 0.3) is 5.69 Å². The molecular formula is C25H28N8O3. The van der Waals surface area contributed by atoms with E-state index in [1.165, 1.54) is 23.9 Å². The Labute approximate surface area is 208 Å². The number of piperidine rings is 1. The Hall–Kier alpha value is -4.28. The zero-order chi connectivity index (χ0) is 25.3. The van der Waals surface area contributed by atoms with Crippen molar-refractivity contribution < 1.29 is 14.4 Å². The molecule has 2 aromatic carbocycles. The van der Waals surface area contributed by atoms with E-state index in [2.05, 4.69) is 38.0 Å². The maximum absolute atomic E-state index is 13.3. The maximum atomic E-state index is 13.3. The van der Waals surface area contributed by atoms with Crippen LogP contribution in [0.2, 0.25) is 0 Å². The molecule has 0 aliphatic carbocycles. The highest BCUT2D eigenvalue weighted by Gasteiger charge is 2.49. The van der Waals surface area contributed by atoms with Gasteiger partial charge in [0, 0.05) is 24.5 Å². The molecule has 5 rings (SSSR count). The predicted molar refractivity (Wildman–Crippen MR) is 132 cm³/mol. The van der Waals surface area contributed by atoms with Crippen molar-refractivity contribution in [3.8, 4) is 5.69 Å². The van der Waals surface area contributed by atoms with Crippen LogP contribution >= 0.6 is 0 Å². The van der Waals surface area contributed by atoms with Crippen molar-refractivity contribution in [2.45, 2.75) is 32.2 Å². The molecule has 0 radical (unpaired) electrons. The molecule has 11 heteroatoms. The van der Waals surface area contributed by atoms with Gasteiger partial charge in [0.25, 0.3) is 5.91 Å². The van der Waals surface area contributed by atoms with Gasteiger partial charge in [0.2, 0.25) is 5.91 Å². The smallest absolute Gasteiger partial charge is 0.325 e. The van der Waals surface area contributed by atoms with Gasteiger partial charge in [-0.05, 0) is 78.1 Å². The van der Waals surface area contributed by atoms with Gasteiger partial charge in [0.1, 0.15) is 18.4 Å². The molecule has 2 N–H and O–H groups in total. The molecule has 186 valence electrons. The summed E-state index contributed by atoms with van der Waals surface area (Å²) in [5.41, 5.74) is 1.60. The Morgan fingerprint density at radius 1 is 1.11 bits per heavy atom. The van der Waals surface area contributed by atoms with Crippen molar-refractivity contribution in [2.24, 2.45) is 5.92 Å². The first-order chi connectivity index (χ1) is 17.3. The zero-order valence-corrected chi connectivity index (χ0v) is 20.2. The summed E-state index contributed by atoms with van der Waals surface area (Å²) in [6, 6.07) is 14.0. The second kappa shape index (κ2) is 9.40. The molecule has 11 nitrogen and oxygen atoms in total. The Morgan fingerprint density at radius 3 is 2.56 bits per heavy atom. The molecule has 0 bridgehead atoms. The van der Waals surface area contributed by atoms with Crippen LogP contribution in [0.15, 0.2) is 54.9 Å². The van der Waals surface area contributed by atoms with E-state index in [0.29, 0.717) is 16.9 Å². The quantitative estimate of drug-likeness (QED) is 0.510. The lowest BCUT2D eigenvalue weighted by Gasteiger charge is -2.32. The lowest BCUT2D eigenvalue weighted by atomic mass is 9.91. The van der Waals surface area contributed by atoms with Gasteiger partial charge in [0.05, 0.1) is 5.69 Å². The molecule has 0 unspecified atom stereocenters. The number of nitrogens with zero attached hydrogens (tertiary/aromatic N) is 6. The number of anilines is 2. The number of hydrogen-bond donors (Lipinski definition) is 2. The van der Waals surface area contributed by atoms with Gasteiger partial charge >= 0.3 is 6.03 Å². The number of amides is 4. The maximum Gasteiger partial charge on any atom is 0.325 e. The first-order valence-corrected chi connectivity index (χ1v) is 12.0. The third-order valence-corrected chi connectivity index (χ3v) is 6.91. The monoisotopic (exact) mass is 488 g/mol. The average Bonchev–Trinajstić information content (AvgIpc) is 3.49. The van der Waals surface area contributed by atoms with Crippen molar-refractivity contribution in [3.63, 3.8) is 0 Å². The van der Waals surface area contributed by atoms with Crippen LogP contribution < -0.4 is 15.5 Å². The summed E-state index contributed by atoms with van der Waals surface area (Å²) in [6.07, 6.45) is 3.78. The number of nitrogens with one attached hydrogen (secondary N) is 2. The van der Waals surface area contributed by atoms with Crippen molar-refractivity contribution in [1.29, 1.82) is 0 Å². The third kappa shape index (κ3) is 4.51. The SMILES string of the molecule is CC1CCN(c2ccc(NC(=O)CN3C(=O)N[C@](C)(c4cccc(-n5cnnn5)c4)C3=O)cc2)CC1. The number of imide groups is 1. The Balaban J connectivity index is 1.24. The van der Waals surface area contributed by atoms with Gasteiger partial charge in [-0.25, -0.2) is 9.48 Å². The van der Waals surface area contributed by atoms with Crippen LogP contribution in [0.3, 0.4) is 0 Å². The fraction of sp³-hybridized carbons (Fsp3) is 0.360. The summed E-state index contributed by atoms with van der Waals surface area (Å²) in [7, 11) is 0. The molecule has 1 aromatic heterocycles. The van der Waals surface area contributed by atoms with Crippen LogP contribution in [0.5, 0.6) is 0 Å². The third-order valence-electron chi connectivity index (χ3n) is 6.91. The summed E-state index contributed by atoms with van der Waals surface area (Å²) in [4.78, 5) is 42.0. The lowest BCUT2D eigenvalue weighted by molar-refractivity contribution is -0.133. The molecule has 1 atom stereocenters. The van der Waals surface area contributed by atoms with Gasteiger partial charge in [-0.1, -0.05) is 19.1 Å². The highest BCUT2D eigenvalue weighted by Crippen LogP contribution is 2.30. The molecule has 2 aliphatic heterocycles. The molecule has 0 spiro atoms. The Morgan fingerprint density at radius 2 is 1.86 bits per heavy atom. The van der Waals surface area contributed by atoms with E-state index in [1.807, 2.05) is 24.3 Å². The van der Waals surface area contributed by atoms with E-state index in [9.17, 15) is 14.4 Å². The summed E-state index contributed by atoms with van der Waals surface area (Å²) in [6.45, 7) is 5.55. The summed E-state index contributed by atoms with van der Waals surface area (Å²) in [5.74, 6) is -0.210. The van der Waals surface area contributed by atoms with Gasteiger partial charge in [-0.15, -0.1) is 5.10 Å². The largest absolute Gasteiger partial charge is 0.372 e. The first kappa shape index (κ1) is 23.5. The second-order valence-electron chi connectivity index (χ2n) is 9.52. The van der Waals surface area contributed by atoms with Crippen LogP contribution in [-0.4, -0.2) is 62.6 Å². The molecular weight excluding hydrogens is 460 g/mol. The fourth-order valence-corrected chi connectivity index (χ4v) is 4.64. The normalized spacial score (nSPS) is 20.5. The number of tetrazole rings is 1. The number of aromatic nitrogens is 4. The minimum Gasteiger partial charge on any atom is -0.372 e. The summed E-state index contributed by atoms with van der Waals surface area (Å²) < 4.78 is 1.45. The Kier molecular flexibility index (Phi) is 6.13. The van der Waals surface area contributed by atoms with E-state index < -0.39 is 29.9 Å². The van der Waals surface area contributed by atoms with Crippen molar-refractivity contribution in [2.75, 3.05) is 29.9 Å². The van der Waals surface area contributed by atoms with Crippen molar-refractivity contribution in [1.82, 2.24) is 30.4 Å². The molecule has 2 aliphatic rings. The van der Waals surface area contributed by atoms with Gasteiger partial charge < -0.3 is 15.5 Å². The van der Waals surface area contributed by atoms with Crippen LogP contribution in [0.4, 0.5) is 16.2 Å². The standard InChI is InChI=1S/C25H28N8O3/c1-17-10-12-31(13-11-17)20-8-6-19(7-9-20)27-22(34)15-32-23(35)25(2,28-24(32)36)18-4-3-5-21(14-18)33-16-26-29-30-33/h3-9,14,16-17H,10-13,15H2,1-2H3,(H,27,34)(H,28,36)/t25-/m1/s1. The lowest BCUT2D eigenvalue weighted by Crippen LogP contribution is -2.42. The second-order valence-corrected chi connectivity index (χ2v) is 9.52. The van der Waals surface area contributed by atoms with Gasteiger partial charge in [0.15, 0.2) is 0 Å². The number of carbonyl (C=O) groups excluding carboxylic acids is 3. The average molecular weight is 489 g/mol. The van der Waals surface area contributed by atoms with Crippen molar-refractivity contribution in [3.05, 3.63) is 60.4 Å². The van der Waals surface area contributed by atoms with Crippen LogP contribution in [0, 0.1) is 5.92 Å². The topological polar surface area (TPSA) is 125 Å². The number of hydrogen-bond acceptors (Lipinski definition) is 7. The molecule has 3 aromatic rings. The summed E-state index contributed by atoms with van der Waals surface area (Å²) >= 11 is 0. The number of benzene rings is 2. The predicted octanol–water partition coefficient (Wildman–Crippen LogP) is 2.30. The van der Waals surface area contributed by atoms with E-state index >= 15 is 0 Å². The minimum atomic E-state index is -1.32. The van der Waals surface area contributed by atoms with E-state index in [-0.39, 0.29) is 0 Å². The van der Waals surface area contributed by atoms with Crippen LogP contribution in [0.1, 0.15) is 32.3 Å². The molecule has 2 fully saturated rings. The zero-order valence-electron chi connectivity index (χ0n) is 20.2. The van der Waals surface area contributed by atoms with E-state index in [0.717, 1.165) is 29.6 Å². The Bertz CT molecular complexity index is 1270. The summed E-state index contributed by atoms with van der Waals surface area (Å²) in [5, 5.41) is 16.6. The molecule has 3 heterocycles. The van der Waals surface area contributed by atoms with Crippen molar-refractivity contribution >= 4 is 29.2 Å². The molecule has 2 saturated heterocycles. The molecule has 36 heavy (non-hydrogen) atoms.